The number of carbonyl (C=O) groups is 2. The number of halogens is 1. The molecule has 0 spiro atoms. The van der Waals surface area contributed by atoms with Crippen LogP contribution < -0.4 is 16.0 Å². The molecule has 1 aliphatic rings. The Morgan fingerprint density at radius 3 is 2.61 bits per heavy atom. The number of hydrogen-bond donors (Lipinski definition) is 3. The molecular formula is C26H39FN6O2S. The van der Waals surface area contributed by atoms with E-state index < -0.39 is 0 Å². The fourth-order valence-corrected chi connectivity index (χ4v) is 5.22. The van der Waals surface area contributed by atoms with Gasteiger partial charge < -0.3 is 15.5 Å². The summed E-state index contributed by atoms with van der Waals surface area (Å²) in [5.74, 6) is 0.00846. The maximum absolute atomic E-state index is 13.2. The van der Waals surface area contributed by atoms with Crippen LogP contribution in [0.15, 0.2) is 29.8 Å². The van der Waals surface area contributed by atoms with E-state index in [1.165, 1.54) is 23.5 Å². The number of aromatic nitrogens is 2. The van der Waals surface area contributed by atoms with Crippen LogP contribution in [-0.2, 0) is 11.2 Å². The number of nitrogens with zero attached hydrogens (tertiary/aromatic N) is 3. The summed E-state index contributed by atoms with van der Waals surface area (Å²) < 4.78 is 13.2. The predicted octanol–water partition coefficient (Wildman–Crippen LogP) is 4.45. The highest BCUT2D eigenvalue weighted by Crippen LogP contribution is 2.27. The van der Waals surface area contributed by atoms with Crippen molar-refractivity contribution in [3.63, 3.8) is 0 Å². The van der Waals surface area contributed by atoms with Gasteiger partial charge in [0.2, 0.25) is 11.0 Å². The van der Waals surface area contributed by atoms with Crippen LogP contribution in [0.1, 0.15) is 58.4 Å². The largest absolute Gasteiger partial charge is 0.353 e. The summed E-state index contributed by atoms with van der Waals surface area (Å²) in [7, 11) is 0. The first-order chi connectivity index (χ1) is 17.3. The molecule has 10 heteroatoms. The zero-order valence-electron chi connectivity index (χ0n) is 21.5. The van der Waals surface area contributed by atoms with E-state index in [1.807, 2.05) is 26.0 Å². The summed E-state index contributed by atoms with van der Waals surface area (Å²) in [6.45, 7) is 8.71. The molecule has 1 aliphatic carbocycles. The number of aryl methyl sites for hydroxylation is 1. The molecule has 3 atom stereocenters. The highest BCUT2D eigenvalue weighted by atomic mass is 32.1. The quantitative estimate of drug-likeness (QED) is 0.386. The SMILES string of the molecule is CCCN(CCCc1ccc(F)cc1)CC1C[C@H](NC(=O)C(C)C)CC[C@H]1NC(=O)Nc1nncs1. The lowest BCUT2D eigenvalue weighted by Crippen LogP contribution is -2.53. The maximum Gasteiger partial charge on any atom is 0.321 e. The molecule has 3 N–H and O–H groups in total. The van der Waals surface area contributed by atoms with Crippen LogP contribution in [0, 0.1) is 17.7 Å². The minimum Gasteiger partial charge on any atom is -0.353 e. The minimum atomic E-state index is -0.273. The van der Waals surface area contributed by atoms with Crippen LogP contribution in [-0.4, -0.2) is 58.8 Å². The third kappa shape index (κ3) is 9.13. The van der Waals surface area contributed by atoms with Crippen molar-refractivity contribution in [2.45, 2.75) is 71.4 Å². The summed E-state index contributed by atoms with van der Waals surface area (Å²) in [5.41, 5.74) is 2.71. The van der Waals surface area contributed by atoms with Gasteiger partial charge in [0.05, 0.1) is 0 Å². The number of nitrogens with one attached hydrogen (secondary N) is 3. The molecule has 2 aromatic rings. The van der Waals surface area contributed by atoms with Gasteiger partial charge in [-0.15, -0.1) is 10.2 Å². The fourth-order valence-electron chi connectivity index (χ4n) is 4.78. The van der Waals surface area contributed by atoms with E-state index in [0.29, 0.717) is 5.13 Å². The Balaban J connectivity index is 1.62. The van der Waals surface area contributed by atoms with Crippen molar-refractivity contribution < 1.29 is 14.0 Å². The normalized spacial score (nSPS) is 19.9. The first-order valence-electron chi connectivity index (χ1n) is 12.9. The molecule has 1 fully saturated rings. The van der Waals surface area contributed by atoms with E-state index in [2.05, 4.69) is 38.0 Å². The second-order valence-electron chi connectivity index (χ2n) is 9.91. The van der Waals surface area contributed by atoms with Crippen LogP contribution in [0.3, 0.4) is 0 Å². The van der Waals surface area contributed by atoms with Gasteiger partial charge >= 0.3 is 6.03 Å². The second kappa shape index (κ2) is 14.2. The van der Waals surface area contributed by atoms with E-state index in [4.69, 9.17) is 0 Å². The van der Waals surface area contributed by atoms with Gasteiger partial charge in [-0.3, -0.25) is 10.1 Å². The van der Waals surface area contributed by atoms with Gasteiger partial charge in [-0.25, -0.2) is 9.18 Å². The monoisotopic (exact) mass is 518 g/mol. The Hall–Kier alpha value is -2.59. The fraction of sp³-hybridized carbons (Fsp3) is 0.615. The van der Waals surface area contributed by atoms with Crippen LogP contribution in [0.2, 0.25) is 0 Å². The first kappa shape index (κ1) is 28.0. The Morgan fingerprint density at radius 2 is 1.94 bits per heavy atom. The lowest BCUT2D eigenvalue weighted by atomic mass is 9.80. The number of rotatable bonds is 12. The van der Waals surface area contributed by atoms with E-state index in [1.54, 1.807) is 5.51 Å². The van der Waals surface area contributed by atoms with Crippen molar-refractivity contribution in [1.82, 2.24) is 25.7 Å². The molecular weight excluding hydrogens is 479 g/mol. The molecule has 0 saturated heterocycles. The molecule has 1 saturated carbocycles. The molecule has 3 rings (SSSR count). The maximum atomic E-state index is 13.2. The topological polar surface area (TPSA) is 99.2 Å². The van der Waals surface area contributed by atoms with Gasteiger partial charge in [0.1, 0.15) is 11.3 Å². The number of amides is 3. The summed E-state index contributed by atoms with van der Waals surface area (Å²) in [6, 6.07) is 6.55. The van der Waals surface area contributed by atoms with Gasteiger partial charge in [0.15, 0.2) is 0 Å². The third-order valence-corrected chi connectivity index (χ3v) is 7.24. The molecule has 1 aromatic carbocycles. The lowest BCUT2D eigenvalue weighted by Gasteiger charge is -2.39. The van der Waals surface area contributed by atoms with E-state index in [0.717, 1.165) is 63.7 Å². The van der Waals surface area contributed by atoms with Crippen molar-refractivity contribution in [2.24, 2.45) is 11.8 Å². The Labute approximate surface area is 217 Å². The van der Waals surface area contributed by atoms with E-state index >= 15 is 0 Å². The molecule has 1 unspecified atom stereocenters. The highest BCUT2D eigenvalue weighted by molar-refractivity contribution is 7.13. The van der Waals surface area contributed by atoms with Gasteiger partial charge in [0.25, 0.3) is 0 Å². The van der Waals surface area contributed by atoms with Crippen LogP contribution in [0.4, 0.5) is 14.3 Å². The standard InChI is InChI=1S/C26H39FN6O2S/c1-4-13-33(14-5-6-19-7-9-21(27)10-8-19)16-20-15-22(29-24(34)18(2)3)11-12-23(20)30-25(35)31-26-32-28-17-36-26/h7-10,17-18,20,22-23H,4-6,11-16H2,1-3H3,(H,29,34)(H2,30,31,32,35)/t20?,22-,23-/m1/s1. The molecule has 3 amide bonds. The molecule has 0 radical (unpaired) electrons. The first-order valence-corrected chi connectivity index (χ1v) is 13.8. The van der Waals surface area contributed by atoms with Gasteiger partial charge in [-0.1, -0.05) is 44.2 Å². The molecule has 0 aliphatic heterocycles. The van der Waals surface area contributed by atoms with Crippen LogP contribution in [0.25, 0.3) is 0 Å². The van der Waals surface area contributed by atoms with Crippen LogP contribution >= 0.6 is 11.3 Å². The second-order valence-corrected chi connectivity index (χ2v) is 10.7. The molecule has 198 valence electrons. The van der Waals surface area contributed by atoms with Crippen molar-refractivity contribution >= 4 is 28.4 Å². The van der Waals surface area contributed by atoms with Gasteiger partial charge in [-0.2, -0.15) is 0 Å². The Bertz CT molecular complexity index is 940. The molecule has 1 heterocycles. The number of benzene rings is 1. The average Bonchev–Trinajstić information content (AvgIpc) is 3.35. The van der Waals surface area contributed by atoms with Crippen molar-refractivity contribution in [1.29, 1.82) is 0 Å². The van der Waals surface area contributed by atoms with Gasteiger partial charge in [-0.05, 0) is 75.2 Å². The number of hydrogen-bond acceptors (Lipinski definition) is 6. The lowest BCUT2D eigenvalue weighted by molar-refractivity contribution is -0.125. The average molecular weight is 519 g/mol. The minimum absolute atomic E-state index is 0.00146. The smallest absolute Gasteiger partial charge is 0.321 e. The summed E-state index contributed by atoms with van der Waals surface area (Å²) >= 11 is 1.28. The zero-order valence-corrected chi connectivity index (χ0v) is 22.3. The number of urea groups is 1. The molecule has 1 aromatic heterocycles. The third-order valence-electron chi connectivity index (χ3n) is 6.64. The van der Waals surface area contributed by atoms with Crippen molar-refractivity contribution in [2.75, 3.05) is 25.0 Å². The van der Waals surface area contributed by atoms with Gasteiger partial charge in [0, 0.05) is 24.5 Å². The summed E-state index contributed by atoms with van der Waals surface area (Å²) in [4.78, 5) is 27.4. The van der Waals surface area contributed by atoms with Crippen molar-refractivity contribution in [3.05, 3.63) is 41.2 Å². The van der Waals surface area contributed by atoms with E-state index in [9.17, 15) is 14.0 Å². The van der Waals surface area contributed by atoms with Crippen molar-refractivity contribution in [3.8, 4) is 0 Å². The number of carbonyl (C=O) groups excluding carboxylic acids is 2. The molecule has 8 nitrogen and oxygen atoms in total. The van der Waals surface area contributed by atoms with Crippen LogP contribution in [0.5, 0.6) is 0 Å². The number of anilines is 1. The molecule has 0 bridgehead atoms. The Kier molecular flexibility index (Phi) is 11.1. The highest BCUT2D eigenvalue weighted by Gasteiger charge is 2.33. The summed E-state index contributed by atoms with van der Waals surface area (Å²) in [5, 5.41) is 17.2. The summed E-state index contributed by atoms with van der Waals surface area (Å²) in [6.07, 6.45) is 5.35. The zero-order chi connectivity index (χ0) is 25.9. The van der Waals surface area contributed by atoms with E-state index in [-0.39, 0.29) is 41.7 Å². The Morgan fingerprint density at radius 1 is 1.17 bits per heavy atom. The molecule has 36 heavy (non-hydrogen) atoms. The predicted molar refractivity (Wildman–Crippen MR) is 141 cm³/mol.